The molecule has 0 bridgehead atoms. The molecule has 0 N–H and O–H groups in total. The highest BCUT2D eigenvalue weighted by Crippen LogP contribution is 2.24. The molecule has 0 fully saturated rings. The molecule has 0 atom stereocenters. The highest BCUT2D eigenvalue weighted by Gasteiger charge is 2.09. The van der Waals surface area contributed by atoms with E-state index in [0.717, 1.165) is 5.69 Å². The lowest BCUT2D eigenvalue weighted by Crippen LogP contribution is -2.08. The summed E-state index contributed by atoms with van der Waals surface area (Å²) in [5.41, 5.74) is 1.52. The second-order valence-electron chi connectivity index (χ2n) is 4.24. The first-order valence-electron chi connectivity index (χ1n) is 5.91. The lowest BCUT2D eigenvalue weighted by atomic mass is 9.98. The van der Waals surface area contributed by atoms with Crippen molar-refractivity contribution in [2.45, 2.75) is 0 Å². The Morgan fingerprint density at radius 2 is 1.43 bits per heavy atom. The van der Waals surface area contributed by atoms with Crippen molar-refractivity contribution in [2.75, 3.05) is 19.0 Å². The number of rotatable bonds is 3. The van der Waals surface area contributed by atoms with Crippen LogP contribution in [-0.2, 0) is 0 Å². The molecule has 1 aromatic rings. The minimum atomic E-state index is -0.162. The molecule has 0 aliphatic carbocycles. The normalized spacial score (nSPS) is 8.29. The van der Waals surface area contributed by atoms with Crippen LogP contribution in [0.2, 0.25) is 0 Å². The molecule has 0 amide bonds. The van der Waals surface area contributed by atoms with Crippen molar-refractivity contribution >= 4 is 11.3 Å². The van der Waals surface area contributed by atoms with E-state index in [1.807, 2.05) is 31.1 Å². The molecule has 1 aromatic carbocycles. The van der Waals surface area contributed by atoms with Gasteiger partial charge in [0.25, 0.3) is 0 Å². The molecule has 100 valence electrons. The summed E-state index contributed by atoms with van der Waals surface area (Å²) >= 11 is 0. The molecular formula is C16H11N5. The van der Waals surface area contributed by atoms with E-state index < -0.39 is 0 Å². The van der Waals surface area contributed by atoms with Gasteiger partial charge in [-0.2, -0.15) is 21.0 Å². The second kappa shape index (κ2) is 7.15. The molecule has 0 saturated heterocycles. The third kappa shape index (κ3) is 3.71. The summed E-state index contributed by atoms with van der Waals surface area (Å²) in [5.74, 6) is 0. The maximum atomic E-state index is 9.03. The molecule has 5 nitrogen and oxygen atoms in total. The monoisotopic (exact) mass is 273 g/mol. The summed E-state index contributed by atoms with van der Waals surface area (Å²) in [5, 5.41) is 35.7. The number of hydrogen-bond donors (Lipinski definition) is 0. The summed E-state index contributed by atoms with van der Waals surface area (Å²) in [6.45, 7) is 0. The van der Waals surface area contributed by atoms with Crippen molar-refractivity contribution in [3.63, 3.8) is 0 Å². The van der Waals surface area contributed by atoms with E-state index >= 15 is 0 Å². The summed E-state index contributed by atoms with van der Waals surface area (Å²) in [7, 11) is 3.79. The average molecular weight is 273 g/mol. The fourth-order valence-corrected chi connectivity index (χ4v) is 1.62. The second-order valence-corrected chi connectivity index (χ2v) is 4.24. The quantitative estimate of drug-likeness (QED) is 0.622. The Balaban J connectivity index is 3.49. The SMILES string of the molecule is CN(C)c1ccc(C(C=C(C#N)C#N)=C(C#N)C#N)cc1. The van der Waals surface area contributed by atoms with Gasteiger partial charge in [0.15, 0.2) is 0 Å². The maximum Gasteiger partial charge on any atom is 0.137 e. The van der Waals surface area contributed by atoms with Crippen LogP contribution in [0.4, 0.5) is 5.69 Å². The Kier molecular flexibility index (Phi) is 5.28. The lowest BCUT2D eigenvalue weighted by Gasteiger charge is -2.13. The highest BCUT2D eigenvalue weighted by atomic mass is 15.1. The topological polar surface area (TPSA) is 98.4 Å². The fourth-order valence-electron chi connectivity index (χ4n) is 1.62. The zero-order valence-corrected chi connectivity index (χ0v) is 11.6. The molecule has 0 saturated carbocycles. The van der Waals surface area contributed by atoms with Crippen molar-refractivity contribution in [3.05, 3.63) is 47.1 Å². The standard InChI is InChI=1S/C16H11N5/c1-21(2)15-5-3-13(4-6-15)16(14(10-19)11-20)7-12(8-17)9-18/h3-7H,1-2H3. The minimum Gasteiger partial charge on any atom is -0.378 e. The number of nitrogens with zero attached hydrogens (tertiary/aromatic N) is 5. The van der Waals surface area contributed by atoms with E-state index in [9.17, 15) is 0 Å². The molecule has 21 heavy (non-hydrogen) atoms. The largest absolute Gasteiger partial charge is 0.378 e. The van der Waals surface area contributed by atoms with Crippen molar-refractivity contribution < 1.29 is 0 Å². The van der Waals surface area contributed by atoms with Crippen LogP contribution in [0.1, 0.15) is 5.56 Å². The lowest BCUT2D eigenvalue weighted by molar-refractivity contribution is 1.13. The molecule has 0 heterocycles. The Morgan fingerprint density at radius 1 is 0.905 bits per heavy atom. The Morgan fingerprint density at radius 3 is 1.81 bits per heavy atom. The molecule has 0 aliphatic rings. The fraction of sp³-hybridized carbons (Fsp3) is 0.125. The highest BCUT2D eigenvalue weighted by molar-refractivity contribution is 5.84. The summed E-state index contributed by atoms with van der Waals surface area (Å²) < 4.78 is 0. The van der Waals surface area contributed by atoms with Gasteiger partial charge in [-0.05, 0) is 23.8 Å². The van der Waals surface area contributed by atoms with Gasteiger partial charge in [-0.1, -0.05) is 12.1 Å². The molecule has 0 aromatic heterocycles. The first-order chi connectivity index (χ1) is 10.1. The molecular weight excluding hydrogens is 262 g/mol. The number of benzene rings is 1. The number of allylic oxidation sites excluding steroid dienone is 4. The van der Waals surface area contributed by atoms with Crippen LogP contribution in [-0.4, -0.2) is 14.1 Å². The van der Waals surface area contributed by atoms with Gasteiger partial charge >= 0.3 is 0 Å². The third-order valence-electron chi connectivity index (χ3n) is 2.72. The molecule has 0 unspecified atom stereocenters. The van der Waals surface area contributed by atoms with Gasteiger partial charge in [0.1, 0.15) is 35.4 Å². The van der Waals surface area contributed by atoms with Crippen molar-refractivity contribution in [1.29, 1.82) is 21.0 Å². The van der Waals surface area contributed by atoms with Gasteiger partial charge in [0.2, 0.25) is 0 Å². The average Bonchev–Trinajstić information content (AvgIpc) is 2.51. The van der Waals surface area contributed by atoms with Gasteiger partial charge in [-0.15, -0.1) is 0 Å². The van der Waals surface area contributed by atoms with Crippen LogP contribution in [0.25, 0.3) is 5.57 Å². The van der Waals surface area contributed by atoms with Crippen LogP contribution in [0.5, 0.6) is 0 Å². The van der Waals surface area contributed by atoms with Gasteiger partial charge < -0.3 is 4.90 Å². The third-order valence-corrected chi connectivity index (χ3v) is 2.72. The minimum absolute atomic E-state index is 0.143. The van der Waals surface area contributed by atoms with Crippen molar-refractivity contribution in [1.82, 2.24) is 0 Å². The van der Waals surface area contributed by atoms with Crippen LogP contribution < -0.4 is 4.90 Å². The molecule has 5 heteroatoms. The molecule has 1 rings (SSSR count). The van der Waals surface area contributed by atoms with E-state index in [-0.39, 0.29) is 16.7 Å². The van der Waals surface area contributed by atoms with Gasteiger partial charge in [-0.3, -0.25) is 0 Å². The van der Waals surface area contributed by atoms with Crippen LogP contribution in [0, 0.1) is 45.3 Å². The predicted molar refractivity (Wildman–Crippen MR) is 78.2 cm³/mol. The number of anilines is 1. The van der Waals surface area contributed by atoms with Crippen molar-refractivity contribution in [2.24, 2.45) is 0 Å². The zero-order chi connectivity index (χ0) is 15.8. The number of nitriles is 4. The van der Waals surface area contributed by atoms with E-state index in [0.29, 0.717) is 5.56 Å². The van der Waals surface area contributed by atoms with E-state index in [4.69, 9.17) is 21.0 Å². The summed E-state index contributed by atoms with van der Waals surface area (Å²) in [6, 6.07) is 14.1. The maximum absolute atomic E-state index is 9.03. The number of hydrogen-bond acceptors (Lipinski definition) is 5. The van der Waals surface area contributed by atoms with Crippen molar-refractivity contribution in [3.8, 4) is 24.3 Å². The van der Waals surface area contributed by atoms with Crippen LogP contribution in [0.3, 0.4) is 0 Å². The molecule has 0 radical (unpaired) electrons. The van der Waals surface area contributed by atoms with Crippen LogP contribution in [0.15, 0.2) is 41.5 Å². The molecule has 0 aliphatic heterocycles. The summed E-state index contributed by atoms with van der Waals surface area (Å²) in [4.78, 5) is 1.91. The first kappa shape index (κ1) is 15.5. The van der Waals surface area contributed by atoms with Gasteiger partial charge in [0.05, 0.1) is 0 Å². The van der Waals surface area contributed by atoms with E-state index in [1.54, 1.807) is 36.4 Å². The predicted octanol–water partition coefficient (Wildman–Crippen LogP) is 2.53. The zero-order valence-electron chi connectivity index (χ0n) is 11.6. The Hall–Kier alpha value is -3.54. The van der Waals surface area contributed by atoms with Gasteiger partial charge in [0, 0.05) is 25.4 Å². The van der Waals surface area contributed by atoms with E-state index in [2.05, 4.69) is 0 Å². The first-order valence-corrected chi connectivity index (χ1v) is 5.91. The Bertz CT molecular complexity index is 721. The molecule has 0 spiro atoms. The van der Waals surface area contributed by atoms with E-state index in [1.165, 1.54) is 6.08 Å². The van der Waals surface area contributed by atoms with Crippen LogP contribution >= 0.6 is 0 Å². The van der Waals surface area contributed by atoms with Gasteiger partial charge in [-0.25, -0.2) is 0 Å². The Labute approximate surface area is 123 Å². The smallest absolute Gasteiger partial charge is 0.137 e. The summed E-state index contributed by atoms with van der Waals surface area (Å²) in [6.07, 6.45) is 1.26.